The average Bonchev–Trinajstić information content (AvgIpc) is 2.67. The summed E-state index contributed by atoms with van der Waals surface area (Å²) in [4.78, 5) is 7.81. The number of aromatic nitrogens is 4. The van der Waals surface area contributed by atoms with Crippen molar-refractivity contribution in [1.82, 2.24) is 19.7 Å². The van der Waals surface area contributed by atoms with Crippen molar-refractivity contribution in [1.29, 1.82) is 0 Å². The first-order valence-corrected chi connectivity index (χ1v) is 3.89. The zero-order valence-electron chi connectivity index (χ0n) is 7.18. The van der Waals surface area contributed by atoms with Gasteiger partial charge in [-0.05, 0) is 0 Å². The number of anilines is 1. The molecule has 66 valence electrons. The minimum absolute atomic E-state index is 0.823. The Morgan fingerprint density at radius 2 is 2.08 bits per heavy atom. The highest BCUT2D eigenvalue weighted by molar-refractivity contribution is 5.34. The molecule has 0 aliphatic carbocycles. The van der Waals surface area contributed by atoms with Gasteiger partial charge in [-0.15, -0.1) is 0 Å². The summed E-state index contributed by atoms with van der Waals surface area (Å²) in [6.07, 6.45) is 6.76. The fraction of sp³-hybridized carbons (Fsp3) is 0.125. The van der Waals surface area contributed by atoms with E-state index < -0.39 is 0 Å². The molecule has 0 aliphatic heterocycles. The van der Waals surface area contributed by atoms with Crippen LogP contribution in [-0.2, 0) is 0 Å². The van der Waals surface area contributed by atoms with Gasteiger partial charge in [-0.2, -0.15) is 5.10 Å². The van der Waals surface area contributed by atoms with Crippen molar-refractivity contribution in [3.8, 4) is 5.69 Å². The first-order valence-electron chi connectivity index (χ1n) is 3.89. The molecule has 13 heavy (non-hydrogen) atoms. The minimum atomic E-state index is 0.823. The van der Waals surface area contributed by atoms with Crippen molar-refractivity contribution in [2.24, 2.45) is 0 Å². The molecule has 0 radical (unpaired) electrons. The van der Waals surface area contributed by atoms with Crippen molar-refractivity contribution in [2.45, 2.75) is 0 Å². The molecule has 2 aromatic rings. The van der Waals surface area contributed by atoms with E-state index in [2.05, 4.69) is 20.4 Å². The second-order valence-electron chi connectivity index (χ2n) is 2.49. The highest BCUT2D eigenvalue weighted by Crippen LogP contribution is 2.06. The summed E-state index contributed by atoms with van der Waals surface area (Å²) in [6, 6.07) is 1.88. The third-order valence-corrected chi connectivity index (χ3v) is 1.66. The monoisotopic (exact) mass is 175 g/mol. The van der Waals surface area contributed by atoms with Crippen LogP contribution in [0.4, 0.5) is 5.82 Å². The molecule has 1 N–H and O–H groups in total. The van der Waals surface area contributed by atoms with Crippen molar-refractivity contribution >= 4 is 5.82 Å². The molecule has 0 amide bonds. The Morgan fingerprint density at radius 1 is 1.31 bits per heavy atom. The maximum Gasteiger partial charge on any atom is 0.148 e. The molecule has 0 aliphatic rings. The summed E-state index contributed by atoms with van der Waals surface area (Å²) < 4.78 is 1.71. The predicted molar refractivity (Wildman–Crippen MR) is 48.7 cm³/mol. The van der Waals surface area contributed by atoms with Crippen LogP contribution in [0.1, 0.15) is 0 Å². The van der Waals surface area contributed by atoms with Crippen LogP contribution in [-0.4, -0.2) is 26.8 Å². The van der Waals surface area contributed by atoms with E-state index in [0.717, 1.165) is 11.5 Å². The summed E-state index contributed by atoms with van der Waals surface area (Å²) in [5, 5.41) is 7.17. The molecule has 5 nitrogen and oxygen atoms in total. The average molecular weight is 175 g/mol. The summed E-state index contributed by atoms with van der Waals surface area (Å²) in [5.41, 5.74) is 0.851. The van der Waals surface area contributed by atoms with Crippen molar-refractivity contribution in [2.75, 3.05) is 12.4 Å². The third kappa shape index (κ3) is 1.48. The molecule has 2 aromatic heterocycles. The topological polar surface area (TPSA) is 55.6 Å². The molecule has 0 atom stereocenters. The van der Waals surface area contributed by atoms with Crippen molar-refractivity contribution < 1.29 is 0 Å². The lowest BCUT2D eigenvalue weighted by Gasteiger charge is -1.97. The van der Waals surface area contributed by atoms with Gasteiger partial charge in [0.2, 0.25) is 0 Å². The second kappa shape index (κ2) is 3.22. The molecule has 2 heterocycles. The molecule has 0 unspecified atom stereocenters. The van der Waals surface area contributed by atoms with Gasteiger partial charge in [0.05, 0.1) is 12.4 Å². The standard InChI is InChI=1S/C8H9N5/c1-9-8-2-3-13(12-8)7-4-10-6-11-5-7/h2-6H,1H3,(H,9,12). The molecule has 0 saturated carbocycles. The van der Waals surface area contributed by atoms with Gasteiger partial charge in [-0.1, -0.05) is 0 Å². The van der Waals surface area contributed by atoms with Crippen LogP contribution in [0.5, 0.6) is 0 Å². The highest BCUT2D eigenvalue weighted by atomic mass is 15.3. The zero-order valence-corrected chi connectivity index (χ0v) is 7.18. The SMILES string of the molecule is CNc1ccn(-c2cncnc2)n1. The van der Waals surface area contributed by atoms with Gasteiger partial charge in [0, 0.05) is 19.3 Å². The van der Waals surface area contributed by atoms with Gasteiger partial charge >= 0.3 is 0 Å². The zero-order chi connectivity index (χ0) is 9.10. The molecule has 0 saturated heterocycles. The molecule has 5 heteroatoms. The van der Waals surface area contributed by atoms with Crippen LogP contribution in [0.3, 0.4) is 0 Å². The van der Waals surface area contributed by atoms with E-state index in [4.69, 9.17) is 0 Å². The normalized spacial score (nSPS) is 9.92. The first kappa shape index (κ1) is 7.72. The first-order chi connectivity index (χ1) is 6.40. The van der Waals surface area contributed by atoms with E-state index in [-0.39, 0.29) is 0 Å². The van der Waals surface area contributed by atoms with Crippen LogP contribution >= 0.6 is 0 Å². The number of hydrogen-bond donors (Lipinski definition) is 1. The third-order valence-electron chi connectivity index (χ3n) is 1.66. The van der Waals surface area contributed by atoms with E-state index in [1.54, 1.807) is 17.1 Å². The summed E-state index contributed by atoms with van der Waals surface area (Å²) in [6.45, 7) is 0. The molecule has 0 bridgehead atoms. The van der Waals surface area contributed by atoms with Crippen LogP contribution in [0.2, 0.25) is 0 Å². The Hall–Kier alpha value is -1.91. The van der Waals surface area contributed by atoms with Crippen LogP contribution in [0, 0.1) is 0 Å². The predicted octanol–water partition coefficient (Wildman–Crippen LogP) is 0.704. The number of hydrogen-bond acceptors (Lipinski definition) is 4. The number of nitrogens with zero attached hydrogens (tertiary/aromatic N) is 4. The Labute approximate surface area is 75.4 Å². The van der Waals surface area contributed by atoms with E-state index in [1.807, 2.05) is 19.3 Å². The van der Waals surface area contributed by atoms with Gasteiger partial charge in [-0.25, -0.2) is 14.6 Å². The van der Waals surface area contributed by atoms with E-state index in [0.29, 0.717) is 0 Å². The largest absolute Gasteiger partial charge is 0.372 e. The van der Waals surface area contributed by atoms with E-state index in [1.165, 1.54) is 6.33 Å². The van der Waals surface area contributed by atoms with Gasteiger partial charge in [0.15, 0.2) is 0 Å². The number of rotatable bonds is 2. The Balaban J connectivity index is 2.36. The smallest absolute Gasteiger partial charge is 0.148 e. The lowest BCUT2D eigenvalue weighted by molar-refractivity contribution is 0.866. The van der Waals surface area contributed by atoms with Gasteiger partial charge in [0.1, 0.15) is 17.8 Å². The van der Waals surface area contributed by atoms with Crippen LogP contribution in [0.25, 0.3) is 5.69 Å². The quantitative estimate of drug-likeness (QED) is 0.730. The van der Waals surface area contributed by atoms with Crippen molar-refractivity contribution in [3.05, 3.63) is 31.0 Å². The van der Waals surface area contributed by atoms with E-state index >= 15 is 0 Å². The van der Waals surface area contributed by atoms with Crippen LogP contribution < -0.4 is 5.32 Å². The van der Waals surface area contributed by atoms with Gasteiger partial charge in [0.25, 0.3) is 0 Å². The second-order valence-corrected chi connectivity index (χ2v) is 2.49. The summed E-state index contributed by atoms with van der Waals surface area (Å²) in [7, 11) is 1.83. The fourth-order valence-electron chi connectivity index (χ4n) is 1.01. The fourth-order valence-corrected chi connectivity index (χ4v) is 1.01. The summed E-state index contributed by atoms with van der Waals surface area (Å²) >= 11 is 0. The lowest BCUT2D eigenvalue weighted by Crippen LogP contribution is -1.97. The van der Waals surface area contributed by atoms with Crippen LogP contribution in [0.15, 0.2) is 31.0 Å². The van der Waals surface area contributed by atoms with E-state index in [9.17, 15) is 0 Å². The molecule has 0 fully saturated rings. The minimum Gasteiger partial charge on any atom is -0.372 e. The highest BCUT2D eigenvalue weighted by Gasteiger charge is 1.98. The Bertz CT molecular complexity index is 380. The number of nitrogens with one attached hydrogen (secondary N) is 1. The molecule has 2 rings (SSSR count). The maximum absolute atomic E-state index is 4.22. The molecular formula is C8H9N5. The Morgan fingerprint density at radius 3 is 2.69 bits per heavy atom. The van der Waals surface area contributed by atoms with Gasteiger partial charge in [-0.3, -0.25) is 0 Å². The van der Waals surface area contributed by atoms with Gasteiger partial charge < -0.3 is 5.32 Å². The summed E-state index contributed by atoms with van der Waals surface area (Å²) in [5.74, 6) is 0.823. The molecule has 0 spiro atoms. The lowest BCUT2D eigenvalue weighted by atomic mass is 10.5. The Kier molecular flexibility index (Phi) is 1.91. The molecule has 0 aromatic carbocycles. The maximum atomic E-state index is 4.22. The van der Waals surface area contributed by atoms with Crippen molar-refractivity contribution in [3.63, 3.8) is 0 Å². The molecular weight excluding hydrogens is 166 g/mol.